The summed E-state index contributed by atoms with van der Waals surface area (Å²) in [6, 6.07) is -0.201. The zero-order valence-corrected chi connectivity index (χ0v) is 11.9. The van der Waals surface area contributed by atoms with Crippen molar-refractivity contribution in [3.8, 4) is 0 Å². The van der Waals surface area contributed by atoms with Crippen LogP contribution >= 0.6 is 0 Å². The summed E-state index contributed by atoms with van der Waals surface area (Å²) in [6.45, 7) is 4.67. The number of carbonyl (C=O) groups excluding carboxylic acids is 1. The van der Waals surface area contributed by atoms with E-state index in [2.05, 4.69) is 20.5 Å². The second kappa shape index (κ2) is 7.63. The number of carboxylic acid groups (broad SMARTS) is 1. The number of hydrogen-bond donors (Lipinski definition) is 3. The number of hydrogen-bond acceptors (Lipinski definition) is 4. The molecule has 8 nitrogen and oxygen atoms in total. The first-order valence-electron chi connectivity index (χ1n) is 7.14. The molecule has 1 aliphatic rings. The van der Waals surface area contributed by atoms with Crippen molar-refractivity contribution in [3.05, 3.63) is 18.2 Å². The van der Waals surface area contributed by atoms with Crippen molar-refractivity contribution in [2.75, 3.05) is 32.7 Å². The van der Waals surface area contributed by atoms with Gasteiger partial charge in [-0.1, -0.05) is 0 Å². The zero-order valence-electron chi connectivity index (χ0n) is 11.9. The molecule has 8 heteroatoms. The molecular weight excluding hydrogens is 274 g/mol. The molecule has 0 aliphatic carbocycles. The van der Waals surface area contributed by atoms with Crippen LogP contribution < -0.4 is 10.6 Å². The molecule has 0 aromatic carbocycles. The molecule has 0 bridgehead atoms. The lowest BCUT2D eigenvalue weighted by Gasteiger charge is -2.15. The highest BCUT2D eigenvalue weighted by atomic mass is 16.4. The van der Waals surface area contributed by atoms with E-state index in [4.69, 9.17) is 5.11 Å². The molecule has 1 aromatic heterocycles. The van der Waals surface area contributed by atoms with Gasteiger partial charge in [0.15, 0.2) is 5.69 Å². The first-order chi connectivity index (χ1) is 10.1. The molecular formula is C13H21N5O3. The largest absolute Gasteiger partial charge is 0.476 e. The third kappa shape index (κ3) is 5.07. The van der Waals surface area contributed by atoms with Gasteiger partial charge in [-0.2, -0.15) is 0 Å². The lowest BCUT2D eigenvalue weighted by atomic mass is 10.4. The van der Waals surface area contributed by atoms with Crippen molar-refractivity contribution >= 4 is 12.0 Å². The van der Waals surface area contributed by atoms with Crippen molar-refractivity contribution in [1.29, 1.82) is 0 Å². The Morgan fingerprint density at radius 1 is 1.19 bits per heavy atom. The van der Waals surface area contributed by atoms with Gasteiger partial charge in [0, 0.05) is 32.4 Å². The molecule has 0 unspecified atom stereocenters. The Hall–Kier alpha value is -2.09. The number of amides is 2. The topological polar surface area (TPSA) is 99.5 Å². The van der Waals surface area contributed by atoms with Gasteiger partial charge in [0.1, 0.15) is 0 Å². The molecule has 1 saturated heterocycles. The minimum absolute atomic E-state index is 0.00469. The van der Waals surface area contributed by atoms with Crippen LogP contribution in [-0.2, 0) is 6.54 Å². The van der Waals surface area contributed by atoms with Gasteiger partial charge >= 0.3 is 12.0 Å². The SMILES string of the molecule is O=C(NCCN1CCCC1)NCCn1cnc(C(=O)O)c1. The maximum Gasteiger partial charge on any atom is 0.356 e. The maximum atomic E-state index is 11.6. The van der Waals surface area contributed by atoms with Crippen LogP contribution in [0.5, 0.6) is 0 Å². The van der Waals surface area contributed by atoms with E-state index in [1.807, 2.05) is 0 Å². The summed E-state index contributed by atoms with van der Waals surface area (Å²) < 4.78 is 1.63. The van der Waals surface area contributed by atoms with Crippen molar-refractivity contribution < 1.29 is 14.7 Å². The first-order valence-corrected chi connectivity index (χ1v) is 7.14. The van der Waals surface area contributed by atoms with Crippen LogP contribution in [0.4, 0.5) is 4.79 Å². The van der Waals surface area contributed by atoms with E-state index < -0.39 is 5.97 Å². The second-order valence-electron chi connectivity index (χ2n) is 5.03. The normalized spacial score (nSPS) is 15.0. The Morgan fingerprint density at radius 3 is 2.48 bits per heavy atom. The van der Waals surface area contributed by atoms with Crippen LogP contribution in [0.1, 0.15) is 23.3 Å². The highest BCUT2D eigenvalue weighted by Gasteiger charge is 2.11. The average Bonchev–Trinajstić information content (AvgIpc) is 3.09. The van der Waals surface area contributed by atoms with Gasteiger partial charge in [-0.25, -0.2) is 14.6 Å². The number of carbonyl (C=O) groups is 2. The predicted molar refractivity (Wildman–Crippen MR) is 76.3 cm³/mol. The fourth-order valence-electron chi connectivity index (χ4n) is 2.29. The molecule has 2 heterocycles. The summed E-state index contributed by atoms with van der Waals surface area (Å²) in [5.41, 5.74) is 0.00469. The van der Waals surface area contributed by atoms with Gasteiger partial charge in [0.05, 0.1) is 6.33 Å². The molecule has 0 radical (unpaired) electrons. The van der Waals surface area contributed by atoms with Gasteiger partial charge in [-0.3, -0.25) is 0 Å². The molecule has 2 amide bonds. The van der Waals surface area contributed by atoms with Gasteiger partial charge in [0.25, 0.3) is 0 Å². The number of urea groups is 1. The Balaban J connectivity index is 1.56. The summed E-state index contributed by atoms with van der Waals surface area (Å²) in [6.07, 6.45) is 5.37. The summed E-state index contributed by atoms with van der Waals surface area (Å²) >= 11 is 0. The van der Waals surface area contributed by atoms with Crippen LogP contribution in [-0.4, -0.2) is 64.3 Å². The molecule has 0 atom stereocenters. The number of nitrogens with zero attached hydrogens (tertiary/aromatic N) is 3. The van der Waals surface area contributed by atoms with Crippen molar-refractivity contribution in [3.63, 3.8) is 0 Å². The van der Waals surface area contributed by atoms with E-state index in [-0.39, 0.29) is 11.7 Å². The van der Waals surface area contributed by atoms with E-state index in [1.54, 1.807) is 4.57 Å². The highest BCUT2D eigenvalue weighted by Crippen LogP contribution is 2.05. The monoisotopic (exact) mass is 295 g/mol. The Kier molecular flexibility index (Phi) is 5.56. The van der Waals surface area contributed by atoms with Crippen molar-refractivity contribution in [2.45, 2.75) is 19.4 Å². The maximum absolute atomic E-state index is 11.6. The minimum Gasteiger partial charge on any atom is -0.476 e. The summed E-state index contributed by atoms with van der Waals surface area (Å²) in [5.74, 6) is -1.05. The molecule has 1 fully saturated rings. The zero-order chi connectivity index (χ0) is 15.1. The molecule has 2 rings (SSSR count). The molecule has 116 valence electrons. The van der Waals surface area contributed by atoms with Crippen LogP contribution in [0, 0.1) is 0 Å². The van der Waals surface area contributed by atoms with E-state index >= 15 is 0 Å². The lowest BCUT2D eigenvalue weighted by molar-refractivity contribution is 0.0691. The second-order valence-corrected chi connectivity index (χ2v) is 5.03. The lowest BCUT2D eigenvalue weighted by Crippen LogP contribution is -2.40. The number of carboxylic acids is 1. The highest BCUT2D eigenvalue weighted by molar-refractivity contribution is 5.84. The van der Waals surface area contributed by atoms with E-state index in [0.717, 1.165) is 19.6 Å². The van der Waals surface area contributed by atoms with Gasteiger partial charge < -0.3 is 25.2 Å². The van der Waals surface area contributed by atoms with Crippen molar-refractivity contribution in [1.82, 2.24) is 25.1 Å². The summed E-state index contributed by atoms with van der Waals surface area (Å²) in [7, 11) is 0. The van der Waals surface area contributed by atoms with Crippen molar-refractivity contribution in [2.24, 2.45) is 0 Å². The smallest absolute Gasteiger partial charge is 0.356 e. The van der Waals surface area contributed by atoms with Gasteiger partial charge in [-0.05, 0) is 25.9 Å². The quantitative estimate of drug-likeness (QED) is 0.656. The van der Waals surface area contributed by atoms with Crippen LogP contribution in [0.3, 0.4) is 0 Å². The minimum atomic E-state index is -1.05. The molecule has 1 aromatic rings. The third-order valence-corrected chi connectivity index (χ3v) is 3.42. The third-order valence-electron chi connectivity index (χ3n) is 3.42. The van der Waals surface area contributed by atoms with Gasteiger partial charge in [0.2, 0.25) is 0 Å². The van der Waals surface area contributed by atoms with E-state index in [0.29, 0.717) is 19.6 Å². The number of nitrogens with one attached hydrogen (secondary N) is 2. The van der Waals surface area contributed by atoms with E-state index in [9.17, 15) is 9.59 Å². The summed E-state index contributed by atoms with van der Waals surface area (Å²) in [4.78, 5) is 28.3. The number of rotatable bonds is 7. The molecule has 3 N–H and O–H groups in total. The fourth-order valence-corrected chi connectivity index (χ4v) is 2.29. The standard InChI is InChI=1S/C13H21N5O3/c19-12(20)11-9-18(10-16-11)8-4-15-13(21)14-3-7-17-5-1-2-6-17/h9-10H,1-8H2,(H,19,20)(H2,14,15,21). The van der Waals surface area contributed by atoms with Crippen LogP contribution in [0.2, 0.25) is 0 Å². The number of aromatic carboxylic acids is 1. The number of aromatic nitrogens is 2. The average molecular weight is 295 g/mol. The Morgan fingerprint density at radius 2 is 1.86 bits per heavy atom. The van der Waals surface area contributed by atoms with Crippen LogP contribution in [0.25, 0.3) is 0 Å². The molecule has 0 spiro atoms. The number of imidazole rings is 1. The number of likely N-dealkylation sites (tertiary alicyclic amines) is 1. The molecule has 0 saturated carbocycles. The van der Waals surface area contributed by atoms with Gasteiger partial charge in [-0.15, -0.1) is 0 Å². The summed E-state index contributed by atoms with van der Waals surface area (Å²) in [5, 5.41) is 14.3. The predicted octanol–water partition coefficient (Wildman–Crippen LogP) is -0.0237. The van der Waals surface area contributed by atoms with E-state index in [1.165, 1.54) is 25.4 Å². The Bertz CT molecular complexity index is 482. The first kappa shape index (κ1) is 15.3. The molecule has 1 aliphatic heterocycles. The Labute approximate surface area is 123 Å². The van der Waals surface area contributed by atoms with Crippen LogP contribution in [0.15, 0.2) is 12.5 Å². The fraction of sp³-hybridized carbons (Fsp3) is 0.615. The molecule has 21 heavy (non-hydrogen) atoms.